The minimum Gasteiger partial charge on any atom is -0.462 e. The van der Waals surface area contributed by atoms with Crippen LogP contribution < -0.4 is 0 Å². The number of ether oxygens (including phenoxy) is 3. The van der Waals surface area contributed by atoms with Crippen molar-refractivity contribution in [1.82, 2.24) is 0 Å². The van der Waals surface area contributed by atoms with Crippen molar-refractivity contribution in [1.29, 1.82) is 0 Å². The van der Waals surface area contributed by atoms with Crippen LogP contribution in [-0.2, 0) is 28.6 Å². The highest BCUT2D eigenvalue weighted by Crippen LogP contribution is 2.13. The second-order valence-corrected chi connectivity index (χ2v) is 17.5. The van der Waals surface area contributed by atoms with Crippen molar-refractivity contribution in [2.45, 2.75) is 252 Å². The number of carbonyl (C=O) groups is 3. The molecule has 6 nitrogen and oxygen atoms in total. The predicted octanol–water partition coefficient (Wildman–Crippen LogP) is 17.6. The Bertz CT molecular complexity index is 1250. The first-order valence-corrected chi connectivity index (χ1v) is 26.6. The highest BCUT2D eigenvalue weighted by atomic mass is 16.6. The monoisotopic (exact) mass is 891 g/mol. The summed E-state index contributed by atoms with van der Waals surface area (Å²) in [5.41, 5.74) is 0. The zero-order valence-corrected chi connectivity index (χ0v) is 41.8. The van der Waals surface area contributed by atoms with Gasteiger partial charge in [-0.25, -0.2) is 0 Å². The molecule has 0 saturated carbocycles. The smallest absolute Gasteiger partial charge is 0.306 e. The van der Waals surface area contributed by atoms with E-state index in [4.69, 9.17) is 14.2 Å². The van der Waals surface area contributed by atoms with Crippen LogP contribution in [0.15, 0.2) is 85.1 Å². The molecule has 0 aromatic carbocycles. The molecule has 0 N–H and O–H groups in total. The van der Waals surface area contributed by atoms with E-state index in [0.29, 0.717) is 19.3 Å². The minimum atomic E-state index is -0.814. The van der Waals surface area contributed by atoms with Crippen LogP contribution in [0.25, 0.3) is 0 Å². The van der Waals surface area contributed by atoms with E-state index in [9.17, 15) is 14.4 Å². The van der Waals surface area contributed by atoms with E-state index in [0.717, 1.165) is 96.3 Å². The molecule has 0 aromatic rings. The zero-order valence-electron chi connectivity index (χ0n) is 41.8. The van der Waals surface area contributed by atoms with Crippen molar-refractivity contribution >= 4 is 17.9 Å². The van der Waals surface area contributed by atoms with Crippen molar-refractivity contribution in [3.05, 3.63) is 85.1 Å². The lowest BCUT2D eigenvalue weighted by Crippen LogP contribution is -2.30. The van der Waals surface area contributed by atoms with Crippen LogP contribution in [0.4, 0.5) is 0 Å². The molecule has 0 aliphatic rings. The van der Waals surface area contributed by atoms with Crippen LogP contribution in [0, 0.1) is 0 Å². The average Bonchev–Trinajstić information content (AvgIpc) is 3.29. The standard InChI is InChI=1S/C58H98O6/c1-4-7-10-13-16-19-22-24-26-28-30-31-33-36-39-42-45-48-51-57(60)63-54-55(53-62-56(59)50-47-44-41-38-35-21-18-15-12-9-6-3)64-58(61)52-49-46-43-40-37-34-32-29-27-25-23-20-17-14-11-8-5-2/h15,18,22,24-28,30-32,34,40,43,55H,4-14,16-17,19-21,23,29,33,35-39,41-42,44-54H2,1-3H3/b18-15-,24-22-,27-25-,28-26-,31-30-,34-32-,43-40-. The molecule has 0 fully saturated rings. The summed E-state index contributed by atoms with van der Waals surface area (Å²) in [6, 6.07) is 0. The number of hydrogen-bond acceptors (Lipinski definition) is 6. The summed E-state index contributed by atoms with van der Waals surface area (Å²) in [7, 11) is 0. The Morgan fingerprint density at radius 2 is 0.656 bits per heavy atom. The topological polar surface area (TPSA) is 78.9 Å². The van der Waals surface area contributed by atoms with Gasteiger partial charge in [0.2, 0.25) is 0 Å². The molecule has 0 radical (unpaired) electrons. The van der Waals surface area contributed by atoms with Crippen LogP contribution in [0.5, 0.6) is 0 Å². The van der Waals surface area contributed by atoms with Crippen molar-refractivity contribution in [3.8, 4) is 0 Å². The summed E-state index contributed by atoms with van der Waals surface area (Å²) >= 11 is 0. The van der Waals surface area contributed by atoms with E-state index in [2.05, 4.69) is 106 Å². The van der Waals surface area contributed by atoms with Crippen LogP contribution in [0.2, 0.25) is 0 Å². The van der Waals surface area contributed by atoms with Gasteiger partial charge >= 0.3 is 17.9 Å². The van der Waals surface area contributed by atoms with Crippen LogP contribution in [-0.4, -0.2) is 37.2 Å². The molecule has 0 aliphatic carbocycles. The molecule has 0 bridgehead atoms. The van der Waals surface area contributed by atoms with E-state index in [1.165, 1.54) is 103 Å². The Balaban J connectivity index is 4.49. The van der Waals surface area contributed by atoms with Gasteiger partial charge in [0.05, 0.1) is 0 Å². The van der Waals surface area contributed by atoms with Crippen molar-refractivity contribution in [2.75, 3.05) is 13.2 Å². The molecule has 0 saturated heterocycles. The van der Waals surface area contributed by atoms with Crippen molar-refractivity contribution in [2.24, 2.45) is 0 Å². The van der Waals surface area contributed by atoms with Gasteiger partial charge in [-0.3, -0.25) is 14.4 Å². The lowest BCUT2D eigenvalue weighted by molar-refractivity contribution is -0.167. The Morgan fingerprint density at radius 1 is 0.328 bits per heavy atom. The molecule has 64 heavy (non-hydrogen) atoms. The molecule has 0 amide bonds. The van der Waals surface area contributed by atoms with Crippen LogP contribution >= 0.6 is 0 Å². The third-order valence-corrected chi connectivity index (χ3v) is 11.2. The Hall–Kier alpha value is -3.41. The number of esters is 3. The molecule has 0 rings (SSSR count). The van der Waals surface area contributed by atoms with Crippen LogP contribution in [0.1, 0.15) is 245 Å². The molecule has 0 aromatic heterocycles. The minimum absolute atomic E-state index is 0.108. The lowest BCUT2D eigenvalue weighted by Gasteiger charge is -2.18. The van der Waals surface area contributed by atoms with Crippen molar-refractivity contribution in [3.63, 3.8) is 0 Å². The van der Waals surface area contributed by atoms with Crippen molar-refractivity contribution < 1.29 is 28.6 Å². The van der Waals surface area contributed by atoms with Crippen LogP contribution in [0.3, 0.4) is 0 Å². The zero-order chi connectivity index (χ0) is 46.5. The predicted molar refractivity (Wildman–Crippen MR) is 274 cm³/mol. The first-order valence-electron chi connectivity index (χ1n) is 26.6. The Labute approximate surface area is 395 Å². The van der Waals surface area contributed by atoms with E-state index < -0.39 is 6.10 Å². The quantitative estimate of drug-likeness (QED) is 0.0199. The van der Waals surface area contributed by atoms with Gasteiger partial charge in [0.15, 0.2) is 6.10 Å². The molecule has 366 valence electrons. The van der Waals surface area contributed by atoms with Gasteiger partial charge in [-0.05, 0) is 96.3 Å². The molecular weight excluding hydrogens is 793 g/mol. The van der Waals surface area contributed by atoms with Gasteiger partial charge in [-0.1, -0.05) is 215 Å². The molecule has 1 atom stereocenters. The number of rotatable bonds is 47. The van der Waals surface area contributed by atoms with E-state index in [-0.39, 0.29) is 37.5 Å². The third kappa shape index (κ3) is 49.6. The maximum atomic E-state index is 12.8. The second kappa shape index (κ2) is 52.2. The summed E-state index contributed by atoms with van der Waals surface area (Å²) < 4.78 is 16.7. The summed E-state index contributed by atoms with van der Waals surface area (Å²) in [5, 5.41) is 0. The van der Waals surface area contributed by atoms with Gasteiger partial charge in [0.25, 0.3) is 0 Å². The summed E-state index contributed by atoms with van der Waals surface area (Å²) in [5.74, 6) is -0.991. The van der Waals surface area contributed by atoms with Gasteiger partial charge in [0.1, 0.15) is 13.2 Å². The molecule has 0 heterocycles. The normalized spacial score (nSPS) is 12.7. The molecule has 0 aliphatic heterocycles. The molecule has 0 spiro atoms. The molecule has 6 heteroatoms. The van der Waals surface area contributed by atoms with Gasteiger partial charge in [-0.15, -0.1) is 0 Å². The third-order valence-electron chi connectivity index (χ3n) is 11.2. The fourth-order valence-corrected chi connectivity index (χ4v) is 7.09. The molecule has 1 unspecified atom stereocenters. The number of carbonyl (C=O) groups excluding carboxylic acids is 3. The first-order chi connectivity index (χ1) is 31.5. The lowest BCUT2D eigenvalue weighted by atomic mass is 10.1. The van der Waals surface area contributed by atoms with Gasteiger partial charge in [0, 0.05) is 19.3 Å². The average molecular weight is 891 g/mol. The molecular formula is C58H98O6. The fraction of sp³-hybridized carbons (Fsp3) is 0.707. The maximum absolute atomic E-state index is 12.8. The fourth-order valence-electron chi connectivity index (χ4n) is 7.09. The van der Waals surface area contributed by atoms with E-state index in [1.807, 2.05) is 0 Å². The number of hydrogen-bond donors (Lipinski definition) is 0. The first kappa shape index (κ1) is 60.6. The summed E-state index contributed by atoms with van der Waals surface area (Å²) in [6.45, 7) is 6.51. The number of allylic oxidation sites excluding steroid dienone is 14. The van der Waals surface area contributed by atoms with Gasteiger partial charge < -0.3 is 14.2 Å². The van der Waals surface area contributed by atoms with Gasteiger partial charge in [-0.2, -0.15) is 0 Å². The second-order valence-electron chi connectivity index (χ2n) is 17.5. The Morgan fingerprint density at radius 3 is 1.11 bits per heavy atom. The maximum Gasteiger partial charge on any atom is 0.306 e. The van der Waals surface area contributed by atoms with E-state index in [1.54, 1.807) is 0 Å². The largest absolute Gasteiger partial charge is 0.462 e. The highest BCUT2D eigenvalue weighted by molar-refractivity contribution is 5.71. The Kier molecular flexibility index (Phi) is 49.4. The summed E-state index contributed by atoms with van der Waals surface area (Å²) in [6.07, 6.45) is 67.1. The number of unbranched alkanes of at least 4 members (excludes halogenated alkanes) is 24. The summed E-state index contributed by atoms with van der Waals surface area (Å²) in [4.78, 5) is 38.0. The highest BCUT2D eigenvalue weighted by Gasteiger charge is 2.19. The SMILES string of the molecule is CCCC/C=C\CCCCCCCC(=O)OCC(COC(=O)CCCCCCC\C=C/C=C\C=C/CCCCCCC)OC(=O)CCC/C=C\C/C=C\C/C=C\CCCCCCCC. The van der Waals surface area contributed by atoms with E-state index >= 15 is 0 Å².